The van der Waals surface area contributed by atoms with Gasteiger partial charge in [0.2, 0.25) is 0 Å². The molecular formula is C17H19Br2NO. The number of hydrogen-bond acceptors (Lipinski definition) is 2. The molecule has 0 fully saturated rings. The summed E-state index contributed by atoms with van der Waals surface area (Å²) in [6, 6.07) is 14.3. The molecule has 21 heavy (non-hydrogen) atoms. The van der Waals surface area contributed by atoms with E-state index in [1.807, 2.05) is 24.3 Å². The minimum absolute atomic E-state index is 0.572. The first-order valence-electron chi connectivity index (χ1n) is 7.05. The second-order valence-corrected chi connectivity index (χ2v) is 6.62. The first kappa shape index (κ1) is 16.5. The van der Waals surface area contributed by atoms with Gasteiger partial charge in [0.1, 0.15) is 12.4 Å². The Morgan fingerprint density at radius 3 is 2.71 bits per heavy atom. The van der Waals surface area contributed by atoms with Gasteiger partial charge in [0.05, 0.1) is 0 Å². The fourth-order valence-electron chi connectivity index (χ4n) is 1.97. The van der Waals surface area contributed by atoms with E-state index in [1.54, 1.807) is 0 Å². The van der Waals surface area contributed by atoms with Crippen molar-refractivity contribution in [1.82, 2.24) is 5.32 Å². The maximum atomic E-state index is 5.88. The highest BCUT2D eigenvalue weighted by molar-refractivity contribution is 9.10. The van der Waals surface area contributed by atoms with Crippen LogP contribution < -0.4 is 10.1 Å². The minimum Gasteiger partial charge on any atom is -0.489 e. The molecule has 1 N–H and O–H groups in total. The Labute approximate surface area is 143 Å². The lowest BCUT2D eigenvalue weighted by atomic mass is 10.2. The monoisotopic (exact) mass is 411 g/mol. The summed E-state index contributed by atoms with van der Waals surface area (Å²) in [5.74, 6) is 0.895. The van der Waals surface area contributed by atoms with Crippen LogP contribution in [-0.2, 0) is 13.2 Å². The Morgan fingerprint density at radius 1 is 1.10 bits per heavy atom. The molecule has 4 heteroatoms. The Kier molecular flexibility index (Phi) is 6.74. The average Bonchev–Trinajstić information content (AvgIpc) is 2.48. The van der Waals surface area contributed by atoms with Crippen LogP contribution in [0, 0.1) is 0 Å². The van der Waals surface area contributed by atoms with Crippen molar-refractivity contribution in [1.29, 1.82) is 0 Å². The molecule has 0 amide bonds. The van der Waals surface area contributed by atoms with Gasteiger partial charge >= 0.3 is 0 Å². The van der Waals surface area contributed by atoms with Crippen molar-refractivity contribution in [3.05, 3.63) is 62.5 Å². The van der Waals surface area contributed by atoms with E-state index in [2.05, 4.69) is 62.3 Å². The molecule has 0 atom stereocenters. The van der Waals surface area contributed by atoms with E-state index in [0.717, 1.165) is 39.8 Å². The van der Waals surface area contributed by atoms with Crippen LogP contribution in [0.15, 0.2) is 51.4 Å². The Balaban J connectivity index is 1.98. The molecule has 0 radical (unpaired) electrons. The summed E-state index contributed by atoms with van der Waals surface area (Å²) < 4.78 is 8.06. The Morgan fingerprint density at radius 2 is 1.95 bits per heavy atom. The smallest absolute Gasteiger partial charge is 0.120 e. The van der Waals surface area contributed by atoms with Gasteiger partial charge in [-0.15, -0.1) is 0 Å². The summed E-state index contributed by atoms with van der Waals surface area (Å²) >= 11 is 7.06. The lowest BCUT2D eigenvalue weighted by molar-refractivity contribution is 0.305. The summed E-state index contributed by atoms with van der Waals surface area (Å²) in [6.45, 7) is 4.61. The first-order chi connectivity index (χ1) is 10.2. The second kappa shape index (κ2) is 8.57. The molecule has 0 unspecified atom stereocenters. The van der Waals surface area contributed by atoms with Gasteiger partial charge in [-0.2, -0.15) is 0 Å². The van der Waals surface area contributed by atoms with E-state index in [-0.39, 0.29) is 0 Å². The normalized spacial score (nSPS) is 10.6. The van der Waals surface area contributed by atoms with E-state index in [0.29, 0.717) is 6.61 Å². The largest absolute Gasteiger partial charge is 0.489 e. The maximum absolute atomic E-state index is 5.88. The minimum atomic E-state index is 0.572. The van der Waals surface area contributed by atoms with Crippen molar-refractivity contribution < 1.29 is 4.74 Å². The molecule has 2 nitrogen and oxygen atoms in total. The molecule has 0 aliphatic carbocycles. The van der Waals surface area contributed by atoms with Crippen LogP contribution in [0.5, 0.6) is 5.75 Å². The van der Waals surface area contributed by atoms with Crippen molar-refractivity contribution in [2.45, 2.75) is 26.5 Å². The van der Waals surface area contributed by atoms with Gasteiger partial charge in [0, 0.05) is 15.5 Å². The molecule has 0 saturated heterocycles. The van der Waals surface area contributed by atoms with Crippen LogP contribution in [0.2, 0.25) is 0 Å². The lowest BCUT2D eigenvalue weighted by Gasteiger charge is -2.11. The molecule has 0 bridgehead atoms. The van der Waals surface area contributed by atoms with Crippen LogP contribution in [0.3, 0.4) is 0 Å². The van der Waals surface area contributed by atoms with Crippen LogP contribution in [0.25, 0.3) is 0 Å². The molecule has 0 saturated carbocycles. The highest BCUT2D eigenvalue weighted by Gasteiger charge is 2.03. The highest BCUT2D eigenvalue weighted by atomic mass is 79.9. The zero-order chi connectivity index (χ0) is 15.1. The molecule has 0 aliphatic heterocycles. The van der Waals surface area contributed by atoms with Crippen molar-refractivity contribution in [3.63, 3.8) is 0 Å². The van der Waals surface area contributed by atoms with Gasteiger partial charge in [-0.3, -0.25) is 0 Å². The van der Waals surface area contributed by atoms with Crippen LogP contribution in [0.4, 0.5) is 0 Å². The summed E-state index contributed by atoms with van der Waals surface area (Å²) in [6.07, 6.45) is 1.14. The fourth-order valence-corrected chi connectivity index (χ4v) is 2.80. The topological polar surface area (TPSA) is 21.3 Å². The molecule has 2 aromatic carbocycles. The van der Waals surface area contributed by atoms with Gasteiger partial charge in [-0.05, 0) is 54.4 Å². The SMILES string of the molecule is CCCNCc1cc(OCc2cccc(Br)c2)ccc1Br. The summed E-state index contributed by atoms with van der Waals surface area (Å²) in [5.41, 5.74) is 2.37. The molecule has 0 aromatic heterocycles. The van der Waals surface area contributed by atoms with Gasteiger partial charge in [0.25, 0.3) is 0 Å². The zero-order valence-electron chi connectivity index (χ0n) is 12.0. The molecule has 0 aliphatic rings. The van der Waals surface area contributed by atoms with Gasteiger partial charge in [-0.1, -0.05) is 50.9 Å². The van der Waals surface area contributed by atoms with E-state index in [4.69, 9.17) is 4.74 Å². The Bertz CT molecular complexity index is 587. The number of ether oxygens (including phenoxy) is 1. The lowest BCUT2D eigenvalue weighted by Crippen LogP contribution is -2.14. The number of benzene rings is 2. The third-order valence-electron chi connectivity index (χ3n) is 3.05. The van der Waals surface area contributed by atoms with E-state index >= 15 is 0 Å². The maximum Gasteiger partial charge on any atom is 0.120 e. The molecular weight excluding hydrogens is 394 g/mol. The van der Waals surface area contributed by atoms with Crippen LogP contribution >= 0.6 is 31.9 Å². The second-order valence-electron chi connectivity index (χ2n) is 4.85. The van der Waals surface area contributed by atoms with Gasteiger partial charge in [0.15, 0.2) is 0 Å². The third-order valence-corrected chi connectivity index (χ3v) is 4.32. The summed E-state index contributed by atoms with van der Waals surface area (Å²) in [5, 5.41) is 3.41. The van der Waals surface area contributed by atoms with E-state index in [1.165, 1.54) is 5.56 Å². The molecule has 2 aromatic rings. The van der Waals surface area contributed by atoms with Crippen molar-refractivity contribution >= 4 is 31.9 Å². The van der Waals surface area contributed by atoms with Crippen molar-refractivity contribution in [3.8, 4) is 5.75 Å². The molecule has 0 heterocycles. The fraction of sp³-hybridized carbons (Fsp3) is 0.294. The highest BCUT2D eigenvalue weighted by Crippen LogP contribution is 2.23. The number of hydrogen-bond donors (Lipinski definition) is 1. The number of halogens is 2. The third kappa shape index (κ3) is 5.46. The van der Waals surface area contributed by atoms with Crippen LogP contribution in [-0.4, -0.2) is 6.54 Å². The summed E-state index contributed by atoms with van der Waals surface area (Å²) in [4.78, 5) is 0. The van der Waals surface area contributed by atoms with Crippen molar-refractivity contribution in [2.75, 3.05) is 6.54 Å². The summed E-state index contributed by atoms with van der Waals surface area (Å²) in [7, 11) is 0. The van der Waals surface area contributed by atoms with Gasteiger partial charge in [-0.25, -0.2) is 0 Å². The zero-order valence-corrected chi connectivity index (χ0v) is 15.2. The van der Waals surface area contributed by atoms with E-state index in [9.17, 15) is 0 Å². The van der Waals surface area contributed by atoms with Crippen molar-refractivity contribution in [2.24, 2.45) is 0 Å². The predicted molar refractivity (Wildman–Crippen MR) is 94.6 cm³/mol. The van der Waals surface area contributed by atoms with Gasteiger partial charge < -0.3 is 10.1 Å². The molecule has 0 spiro atoms. The standard InChI is InChI=1S/C17H19Br2NO/c1-2-8-20-11-14-10-16(6-7-17(14)19)21-12-13-4-3-5-15(18)9-13/h3-7,9-10,20H,2,8,11-12H2,1H3. The first-order valence-corrected chi connectivity index (χ1v) is 8.64. The van der Waals surface area contributed by atoms with Crippen LogP contribution in [0.1, 0.15) is 24.5 Å². The average molecular weight is 413 g/mol. The Hall–Kier alpha value is -0.840. The number of rotatable bonds is 7. The predicted octanol–water partition coefficient (Wildman–Crippen LogP) is 5.29. The number of nitrogens with one attached hydrogen (secondary N) is 1. The molecule has 2 rings (SSSR count). The quantitative estimate of drug-likeness (QED) is 0.623. The molecule has 112 valence electrons. The van der Waals surface area contributed by atoms with E-state index < -0.39 is 0 Å².